The number of hydrogen-bond acceptors (Lipinski definition) is 2. The van der Waals surface area contributed by atoms with E-state index in [0.717, 1.165) is 18.6 Å². The number of ether oxygens (including phenoxy) is 1. The van der Waals surface area contributed by atoms with Crippen molar-refractivity contribution in [1.29, 1.82) is 0 Å². The van der Waals surface area contributed by atoms with Gasteiger partial charge in [0.05, 0.1) is 6.04 Å². The molecule has 2 atom stereocenters. The monoisotopic (exact) mass is 351 g/mol. The van der Waals surface area contributed by atoms with Crippen LogP contribution >= 0.6 is 0 Å². The molecule has 0 unspecified atom stereocenters. The van der Waals surface area contributed by atoms with Crippen LogP contribution in [0, 0.1) is 0 Å². The summed E-state index contributed by atoms with van der Waals surface area (Å²) in [5.74, 6) is 0.692. The summed E-state index contributed by atoms with van der Waals surface area (Å²) in [6, 6.07) is 16.3. The summed E-state index contributed by atoms with van der Waals surface area (Å²) in [4.78, 5) is 12.8. The summed E-state index contributed by atoms with van der Waals surface area (Å²) in [5, 5.41) is 3.20. The molecule has 0 heterocycles. The molecule has 0 bridgehead atoms. The van der Waals surface area contributed by atoms with Crippen molar-refractivity contribution in [2.75, 3.05) is 0 Å². The van der Waals surface area contributed by atoms with Crippen LogP contribution in [-0.2, 0) is 17.6 Å². The molecule has 3 nitrogen and oxygen atoms in total. The highest BCUT2D eigenvalue weighted by atomic mass is 16.5. The molecule has 0 saturated heterocycles. The van der Waals surface area contributed by atoms with Crippen LogP contribution in [-0.4, -0.2) is 12.0 Å². The number of amides is 1. The van der Waals surface area contributed by atoms with Gasteiger partial charge in [-0.15, -0.1) is 0 Å². The average Bonchev–Trinajstić information content (AvgIpc) is 2.70. The van der Waals surface area contributed by atoms with Crippen LogP contribution in [0.3, 0.4) is 0 Å². The minimum atomic E-state index is -0.468. The Morgan fingerprint density at radius 2 is 1.73 bits per heavy atom. The van der Waals surface area contributed by atoms with Crippen molar-refractivity contribution in [3.8, 4) is 5.75 Å². The Kier molecular flexibility index (Phi) is 6.32. The second-order valence-corrected chi connectivity index (χ2v) is 7.03. The second kappa shape index (κ2) is 8.88. The van der Waals surface area contributed by atoms with Gasteiger partial charge in [0.15, 0.2) is 6.10 Å². The molecule has 0 fully saturated rings. The normalized spacial score (nSPS) is 15.6. The van der Waals surface area contributed by atoms with Crippen LogP contribution in [0.2, 0.25) is 0 Å². The third kappa shape index (κ3) is 4.46. The van der Waals surface area contributed by atoms with Gasteiger partial charge < -0.3 is 10.1 Å². The number of para-hydroxylation sites is 1. The summed E-state index contributed by atoms with van der Waals surface area (Å²) in [5.41, 5.74) is 4.13. The molecule has 1 aliphatic rings. The molecule has 0 saturated carbocycles. The molecule has 3 heteroatoms. The topological polar surface area (TPSA) is 38.3 Å². The van der Waals surface area contributed by atoms with E-state index in [9.17, 15) is 4.79 Å². The third-order valence-corrected chi connectivity index (χ3v) is 5.18. The maximum absolute atomic E-state index is 12.8. The molecular weight excluding hydrogens is 322 g/mol. The van der Waals surface area contributed by atoms with Crippen LogP contribution in [0.1, 0.15) is 62.3 Å². The Morgan fingerprint density at radius 3 is 2.42 bits per heavy atom. The van der Waals surface area contributed by atoms with Crippen molar-refractivity contribution < 1.29 is 9.53 Å². The zero-order chi connectivity index (χ0) is 18.4. The van der Waals surface area contributed by atoms with Gasteiger partial charge in [-0.25, -0.2) is 0 Å². The van der Waals surface area contributed by atoms with Crippen molar-refractivity contribution in [2.24, 2.45) is 0 Å². The molecule has 0 aliphatic heterocycles. The van der Waals surface area contributed by atoms with E-state index in [2.05, 4.69) is 30.4 Å². The zero-order valence-corrected chi connectivity index (χ0v) is 15.8. The number of fused-ring (bicyclic) bond motifs is 1. The predicted molar refractivity (Wildman–Crippen MR) is 105 cm³/mol. The molecule has 0 spiro atoms. The van der Waals surface area contributed by atoms with E-state index in [1.165, 1.54) is 36.0 Å². The highest BCUT2D eigenvalue weighted by Crippen LogP contribution is 2.26. The van der Waals surface area contributed by atoms with Crippen molar-refractivity contribution in [1.82, 2.24) is 5.32 Å². The lowest BCUT2D eigenvalue weighted by Crippen LogP contribution is -2.40. The minimum absolute atomic E-state index is 0.0307. The van der Waals surface area contributed by atoms with Gasteiger partial charge in [0.2, 0.25) is 0 Å². The molecular formula is C23H29NO2. The van der Waals surface area contributed by atoms with E-state index in [0.29, 0.717) is 6.42 Å². The standard InChI is InChI=1S/C23H29NO2/c1-3-21(19-15-14-17-10-8-9-11-18(17)16-19)24-23(25)22(4-2)26-20-12-6-5-7-13-20/h5-7,12-16,21-22H,3-4,8-11H2,1-2H3,(H,24,25)/t21-,22+/m1/s1. The molecule has 1 amide bonds. The van der Waals surface area contributed by atoms with E-state index >= 15 is 0 Å². The first kappa shape index (κ1) is 18.5. The van der Waals surface area contributed by atoms with Gasteiger partial charge in [-0.1, -0.05) is 50.2 Å². The van der Waals surface area contributed by atoms with Crippen molar-refractivity contribution in [2.45, 2.75) is 64.5 Å². The number of nitrogens with one attached hydrogen (secondary N) is 1. The van der Waals surface area contributed by atoms with Gasteiger partial charge in [0.1, 0.15) is 5.75 Å². The maximum atomic E-state index is 12.8. The maximum Gasteiger partial charge on any atom is 0.261 e. The highest BCUT2D eigenvalue weighted by molar-refractivity contribution is 5.81. The second-order valence-electron chi connectivity index (χ2n) is 7.03. The molecule has 3 rings (SSSR count). The van der Waals surface area contributed by atoms with E-state index in [4.69, 9.17) is 4.74 Å². The Morgan fingerprint density at radius 1 is 1.00 bits per heavy atom. The van der Waals surface area contributed by atoms with E-state index in [-0.39, 0.29) is 11.9 Å². The van der Waals surface area contributed by atoms with Gasteiger partial charge in [-0.2, -0.15) is 0 Å². The number of carbonyl (C=O) groups excluding carboxylic acids is 1. The summed E-state index contributed by atoms with van der Waals surface area (Å²) in [7, 11) is 0. The average molecular weight is 351 g/mol. The van der Waals surface area contributed by atoms with Crippen LogP contribution in [0.5, 0.6) is 5.75 Å². The number of hydrogen-bond donors (Lipinski definition) is 1. The van der Waals surface area contributed by atoms with Crippen molar-refractivity contribution >= 4 is 5.91 Å². The molecule has 26 heavy (non-hydrogen) atoms. The summed E-state index contributed by atoms with van der Waals surface area (Å²) < 4.78 is 5.89. The molecule has 2 aromatic rings. The van der Waals surface area contributed by atoms with Crippen LogP contribution in [0.25, 0.3) is 0 Å². The number of rotatable bonds is 7. The minimum Gasteiger partial charge on any atom is -0.481 e. The van der Waals surface area contributed by atoms with E-state index < -0.39 is 6.10 Å². The van der Waals surface area contributed by atoms with E-state index in [1.54, 1.807) is 0 Å². The van der Waals surface area contributed by atoms with Crippen LogP contribution in [0.15, 0.2) is 48.5 Å². The van der Waals surface area contributed by atoms with Crippen molar-refractivity contribution in [3.63, 3.8) is 0 Å². The fourth-order valence-electron chi connectivity index (χ4n) is 3.64. The molecule has 1 N–H and O–H groups in total. The van der Waals surface area contributed by atoms with Crippen LogP contribution < -0.4 is 10.1 Å². The first-order chi connectivity index (χ1) is 12.7. The van der Waals surface area contributed by atoms with Crippen LogP contribution in [0.4, 0.5) is 0 Å². The molecule has 0 aromatic heterocycles. The fourth-order valence-corrected chi connectivity index (χ4v) is 3.64. The molecule has 138 valence electrons. The largest absolute Gasteiger partial charge is 0.481 e. The molecule has 1 aliphatic carbocycles. The number of carbonyl (C=O) groups is 1. The summed E-state index contributed by atoms with van der Waals surface area (Å²) >= 11 is 0. The molecule has 2 aromatic carbocycles. The SMILES string of the molecule is CC[C@H](Oc1ccccc1)C(=O)N[C@H](CC)c1ccc2c(c1)CCCC2. The first-order valence-electron chi connectivity index (χ1n) is 9.85. The Labute approximate surface area is 156 Å². The summed E-state index contributed by atoms with van der Waals surface area (Å²) in [6.07, 6.45) is 5.93. The number of aryl methyl sites for hydroxylation is 2. The highest BCUT2D eigenvalue weighted by Gasteiger charge is 2.22. The Bertz CT molecular complexity index is 726. The Balaban J connectivity index is 1.69. The molecule has 0 radical (unpaired) electrons. The quantitative estimate of drug-likeness (QED) is 0.763. The fraction of sp³-hybridized carbons (Fsp3) is 0.435. The van der Waals surface area contributed by atoms with Gasteiger partial charge in [0.25, 0.3) is 5.91 Å². The van der Waals surface area contributed by atoms with Gasteiger partial charge in [0, 0.05) is 0 Å². The van der Waals surface area contributed by atoms with Gasteiger partial charge >= 0.3 is 0 Å². The number of benzene rings is 2. The smallest absolute Gasteiger partial charge is 0.261 e. The van der Waals surface area contributed by atoms with Crippen molar-refractivity contribution in [3.05, 3.63) is 65.2 Å². The zero-order valence-electron chi connectivity index (χ0n) is 15.8. The summed E-state index contributed by atoms with van der Waals surface area (Å²) in [6.45, 7) is 4.09. The lowest BCUT2D eigenvalue weighted by atomic mass is 9.88. The Hall–Kier alpha value is -2.29. The van der Waals surface area contributed by atoms with E-state index in [1.807, 2.05) is 37.3 Å². The van der Waals surface area contributed by atoms with Gasteiger partial charge in [-0.05, 0) is 67.3 Å². The first-order valence-corrected chi connectivity index (χ1v) is 9.85. The lowest BCUT2D eigenvalue weighted by Gasteiger charge is -2.24. The lowest BCUT2D eigenvalue weighted by molar-refractivity contribution is -0.128. The van der Waals surface area contributed by atoms with Gasteiger partial charge in [-0.3, -0.25) is 4.79 Å². The third-order valence-electron chi connectivity index (χ3n) is 5.18. The predicted octanol–water partition coefficient (Wildman–Crippen LogP) is 4.99.